The van der Waals surface area contributed by atoms with Crippen LogP contribution < -0.4 is 4.90 Å². The third-order valence-corrected chi connectivity index (χ3v) is 2.95. The van der Waals surface area contributed by atoms with Crippen molar-refractivity contribution in [2.45, 2.75) is 32.2 Å². The largest absolute Gasteiger partial charge is 0.377 e. The maximum absolute atomic E-state index is 5.19. The van der Waals surface area contributed by atoms with Crippen molar-refractivity contribution >= 4 is 5.82 Å². The zero-order valence-electron chi connectivity index (χ0n) is 10.4. The molecule has 1 fully saturated rings. The van der Waals surface area contributed by atoms with Gasteiger partial charge in [-0.25, -0.2) is 9.97 Å². The molecule has 4 heteroatoms. The summed E-state index contributed by atoms with van der Waals surface area (Å²) in [6, 6.07) is 2.53. The molecule has 0 N–H and O–H groups in total. The number of ether oxygens (including phenoxy) is 1. The summed E-state index contributed by atoms with van der Waals surface area (Å²) in [5, 5.41) is 0. The smallest absolute Gasteiger partial charge is 0.132 e. The summed E-state index contributed by atoms with van der Waals surface area (Å²) in [6.45, 7) is 8.07. The first-order valence-electron chi connectivity index (χ1n) is 5.61. The molecular weight excluding hydrogens is 202 g/mol. The van der Waals surface area contributed by atoms with E-state index >= 15 is 0 Å². The molecule has 0 amide bonds. The molecule has 1 aromatic rings. The highest BCUT2D eigenvalue weighted by Gasteiger charge is 2.25. The third-order valence-electron chi connectivity index (χ3n) is 2.95. The second-order valence-electron chi connectivity index (χ2n) is 5.31. The molecule has 0 aliphatic carbocycles. The fourth-order valence-electron chi connectivity index (χ4n) is 1.58. The van der Waals surface area contributed by atoms with Gasteiger partial charge in [0, 0.05) is 18.5 Å². The Labute approximate surface area is 96.7 Å². The van der Waals surface area contributed by atoms with Crippen LogP contribution in [0.3, 0.4) is 0 Å². The minimum Gasteiger partial charge on any atom is -0.377 e. The Hall–Kier alpha value is -1.16. The van der Waals surface area contributed by atoms with Crippen molar-refractivity contribution in [1.29, 1.82) is 0 Å². The lowest BCUT2D eigenvalue weighted by atomic mass is 9.92. The van der Waals surface area contributed by atoms with Gasteiger partial charge < -0.3 is 9.64 Å². The maximum Gasteiger partial charge on any atom is 0.132 e. The van der Waals surface area contributed by atoms with Gasteiger partial charge in [-0.3, -0.25) is 0 Å². The van der Waals surface area contributed by atoms with Crippen molar-refractivity contribution < 1.29 is 4.74 Å². The molecule has 0 aromatic carbocycles. The van der Waals surface area contributed by atoms with Gasteiger partial charge in [0.2, 0.25) is 0 Å². The van der Waals surface area contributed by atoms with Crippen LogP contribution in [-0.4, -0.2) is 36.3 Å². The van der Waals surface area contributed by atoms with Crippen LogP contribution in [-0.2, 0) is 10.2 Å². The minimum absolute atomic E-state index is 0.0641. The molecule has 2 heterocycles. The second kappa shape index (κ2) is 4.01. The Bertz CT molecular complexity index is 369. The van der Waals surface area contributed by atoms with E-state index in [0.717, 1.165) is 24.7 Å². The molecule has 16 heavy (non-hydrogen) atoms. The average Bonchev–Trinajstić information content (AvgIpc) is 2.14. The highest BCUT2D eigenvalue weighted by atomic mass is 16.5. The summed E-state index contributed by atoms with van der Waals surface area (Å²) in [4.78, 5) is 10.8. The first-order valence-corrected chi connectivity index (χ1v) is 5.61. The van der Waals surface area contributed by atoms with E-state index in [1.165, 1.54) is 0 Å². The number of rotatable bonds is 2. The van der Waals surface area contributed by atoms with Crippen molar-refractivity contribution in [3.05, 3.63) is 18.1 Å². The molecule has 1 aromatic heterocycles. The van der Waals surface area contributed by atoms with Crippen LogP contribution in [0.5, 0.6) is 0 Å². The van der Waals surface area contributed by atoms with E-state index in [9.17, 15) is 0 Å². The summed E-state index contributed by atoms with van der Waals surface area (Å²) in [6.07, 6.45) is 1.64. The molecule has 2 rings (SSSR count). The number of anilines is 1. The lowest BCUT2D eigenvalue weighted by molar-refractivity contribution is 0.00986. The topological polar surface area (TPSA) is 38.2 Å². The molecule has 0 unspecified atom stereocenters. The van der Waals surface area contributed by atoms with Gasteiger partial charge in [-0.1, -0.05) is 20.8 Å². The number of likely N-dealkylation sites (N-methyl/N-ethyl adjacent to an activating group) is 1. The van der Waals surface area contributed by atoms with Gasteiger partial charge in [-0.15, -0.1) is 0 Å². The van der Waals surface area contributed by atoms with Gasteiger partial charge in [-0.2, -0.15) is 0 Å². The van der Waals surface area contributed by atoms with Crippen LogP contribution in [0.1, 0.15) is 26.5 Å². The molecule has 0 radical (unpaired) electrons. The van der Waals surface area contributed by atoms with Crippen molar-refractivity contribution in [3.8, 4) is 0 Å². The normalized spacial score (nSPS) is 17.0. The number of hydrogen-bond acceptors (Lipinski definition) is 4. The van der Waals surface area contributed by atoms with E-state index in [1.807, 2.05) is 0 Å². The predicted octanol–water partition coefficient (Wildman–Crippen LogP) is 1.61. The van der Waals surface area contributed by atoms with Gasteiger partial charge in [-0.05, 0) is 0 Å². The van der Waals surface area contributed by atoms with Crippen LogP contribution in [0.2, 0.25) is 0 Å². The Morgan fingerprint density at radius 2 is 2.00 bits per heavy atom. The zero-order valence-corrected chi connectivity index (χ0v) is 10.4. The fraction of sp³-hybridized carbons (Fsp3) is 0.667. The van der Waals surface area contributed by atoms with Crippen molar-refractivity contribution in [2.24, 2.45) is 0 Å². The highest BCUT2D eigenvalue weighted by molar-refractivity contribution is 5.41. The van der Waals surface area contributed by atoms with Crippen LogP contribution >= 0.6 is 0 Å². The lowest BCUT2D eigenvalue weighted by Gasteiger charge is -2.35. The summed E-state index contributed by atoms with van der Waals surface area (Å²) in [7, 11) is 2.06. The number of hydrogen-bond donors (Lipinski definition) is 0. The molecule has 0 spiro atoms. The summed E-state index contributed by atoms with van der Waals surface area (Å²) >= 11 is 0. The molecule has 4 nitrogen and oxygen atoms in total. The molecule has 0 saturated carbocycles. The molecule has 1 saturated heterocycles. The zero-order chi connectivity index (χ0) is 11.8. The Balaban J connectivity index is 2.21. The van der Waals surface area contributed by atoms with Crippen LogP contribution in [0.25, 0.3) is 0 Å². The Morgan fingerprint density at radius 1 is 1.31 bits per heavy atom. The average molecular weight is 221 g/mol. The molecule has 0 bridgehead atoms. The van der Waals surface area contributed by atoms with Gasteiger partial charge >= 0.3 is 0 Å². The minimum atomic E-state index is 0.0641. The van der Waals surface area contributed by atoms with E-state index in [1.54, 1.807) is 6.33 Å². The Morgan fingerprint density at radius 3 is 2.50 bits per heavy atom. The van der Waals surface area contributed by atoms with Crippen LogP contribution in [0.4, 0.5) is 5.82 Å². The molecule has 88 valence electrons. The summed E-state index contributed by atoms with van der Waals surface area (Å²) in [5.41, 5.74) is 1.14. The highest BCUT2D eigenvalue weighted by Crippen LogP contribution is 2.24. The Kier molecular flexibility index (Phi) is 2.84. The van der Waals surface area contributed by atoms with E-state index in [2.05, 4.69) is 48.8 Å². The summed E-state index contributed by atoms with van der Waals surface area (Å²) in [5.74, 6) is 0.980. The first-order chi connectivity index (χ1) is 7.48. The van der Waals surface area contributed by atoms with E-state index in [4.69, 9.17) is 4.74 Å². The van der Waals surface area contributed by atoms with E-state index in [-0.39, 0.29) is 5.41 Å². The molecule has 0 atom stereocenters. The molecule has 1 aliphatic rings. The van der Waals surface area contributed by atoms with Gasteiger partial charge in [0.15, 0.2) is 0 Å². The van der Waals surface area contributed by atoms with Crippen molar-refractivity contribution in [3.63, 3.8) is 0 Å². The SMILES string of the molecule is CN(c1cc(C(C)(C)C)ncn1)C1COC1. The number of nitrogens with zero attached hydrogens (tertiary/aromatic N) is 3. The van der Waals surface area contributed by atoms with Crippen LogP contribution in [0, 0.1) is 0 Å². The van der Waals surface area contributed by atoms with Gasteiger partial charge in [0.05, 0.1) is 24.9 Å². The fourth-order valence-corrected chi connectivity index (χ4v) is 1.58. The summed E-state index contributed by atoms with van der Waals surface area (Å²) < 4.78 is 5.19. The van der Waals surface area contributed by atoms with Gasteiger partial charge in [0.25, 0.3) is 0 Å². The second-order valence-corrected chi connectivity index (χ2v) is 5.31. The van der Waals surface area contributed by atoms with Crippen LogP contribution in [0.15, 0.2) is 12.4 Å². The monoisotopic (exact) mass is 221 g/mol. The molecular formula is C12H19N3O. The standard InChI is InChI=1S/C12H19N3O/c1-12(2,3)10-5-11(14-8-13-10)15(4)9-6-16-7-9/h5,8-9H,6-7H2,1-4H3. The van der Waals surface area contributed by atoms with Crippen molar-refractivity contribution in [2.75, 3.05) is 25.2 Å². The maximum atomic E-state index is 5.19. The van der Waals surface area contributed by atoms with E-state index in [0.29, 0.717) is 6.04 Å². The predicted molar refractivity (Wildman–Crippen MR) is 63.7 cm³/mol. The van der Waals surface area contributed by atoms with Crippen molar-refractivity contribution in [1.82, 2.24) is 9.97 Å². The van der Waals surface area contributed by atoms with E-state index < -0.39 is 0 Å². The first kappa shape index (κ1) is 11.3. The molecule has 1 aliphatic heterocycles. The number of aromatic nitrogens is 2. The lowest BCUT2D eigenvalue weighted by Crippen LogP contribution is -2.47. The third kappa shape index (κ3) is 2.16. The quantitative estimate of drug-likeness (QED) is 0.760. The van der Waals surface area contributed by atoms with Gasteiger partial charge in [0.1, 0.15) is 12.1 Å².